The molecule has 0 spiro atoms. The van der Waals surface area contributed by atoms with Crippen LogP contribution in [0, 0.1) is 17.8 Å². The number of carbonyl (C=O) groups is 3. The van der Waals surface area contributed by atoms with Crippen LogP contribution in [-0.2, 0) is 19.1 Å². The van der Waals surface area contributed by atoms with Gasteiger partial charge in [0, 0.05) is 5.54 Å². The van der Waals surface area contributed by atoms with Crippen LogP contribution in [0.15, 0.2) is 24.0 Å². The zero-order valence-electron chi connectivity index (χ0n) is 13.2. The molecule has 4 rings (SSSR count). The van der Waals surface area contributed by atoms with E-state index < -0.39 is 17.4 Å². The van der Waals surface area contributed by atoms with Crippen LogP contribution in [0.5, 0.6) is 0 Å². The van der Waals surface area contributed by atoms with Gasteiger partial charge in [-0.3, -0.25) is 19.3 Å². The van der Waals surface area contributed by atoms with Crippen molar-refractivity contribution in [1.82, 2.24) is 4.90 Å². The van der Waals surface area contributed by atoms with Crippen LogP contribution in [-0.4, -0.2) is 28.2 Å². The molecule has 3 unspecified atom stereocenters. The third-order valence-corrected chi connectivity index (χ3v) is 4.65. The Morgan fingerprint density at radius 3 is 2.41 bits per heavy atom. The minimum atomic E-state index is -0.633. The van der Waals surface area contributed by atoms with E-state index in [1.807, 2.05) is 0 Å². The molecule has 0 aromatic carbocycles. The monoisotopic (exact) mass is 303 g/mol. The number of imide groups is 1. The Morgan fingerprint density at radius 2 is 1.95 bits per heavy atom. The Hall–Kier alpha value is -1.91. The van der Waals surface area contributed by atoms with Crippen LogP contribution in [0.1, 0.15) is 40.0 Å². The van der Waals surface area contributed by atoms with Gasteiger partial charge in [-0.1, -0.05) is 12.2 Å². The molecule has 0 radical (unpaired) electrons. The minimum Gasteiger partial charge on any atom is -0.420 e. The maximum atomic E-state index is 12.4. The molecule has 1 saturated carbocycles. The molecule has 0 aromatic heterocycles. The van der Waals surface area contributed by atoms with Gasteiger partial charge in [-0.25, -0.2) is 0 Å². The molecular weight excluding hydrogens is 282 g/mol. The molecule has 118 valence electrons. The highest BCUT2D eigenvalue weighted by molar-refractivity contribution is 6.16. The maximum absolute atomic E-state index is 12.4. The van der Waals surface area contributed by atoms with Crippen molar-refractivity contribution in [3.05, 3.63) is 24.0 Å². The molecule has 3 atom stereocenters. The van der Waals surface area contributed by atoms with E-state index in [9.17, 15) is 14.4 Å². The van der Waals surface area contributed by atoms with E-state index in [0.29, 0.717) is 5.92 Å². The van der Waals surface area contributed by atoms with Crippen molar-refractivity contribution in [2.45, 2.75) is 45.6 Å². The highest BCUT2D eigenvalue weighted by Gasteiger charge is 2.43. The molecule has 1 fully saturated rings. The quantitative estimate of drug-likeness (QED) is 0.445. The van der Waals surface area contributed by atoms with E-state index >= 15 is 0 Å². The molecule has 1 aliphatic heterocycles. The van der Waals surface area contributed by atoms with E-state index in [-0.39, 0.29) is 23.6 Å². The SMILES string of the molecule is CC(C)(C)N1C(=O)C=C(OC(=O)C2CC3C=CC2CC3)C1=O. The third kappa shape index (κ3) is 2.49. The fourth-order valence-electron chi connectivity index (χ4n) is 3.54. The lowest BCUT2D eigenvalue weighted by atomic mass is 9.69. The van der Waals surface area contributed by atoms with Crippen LogP contribution in [0.25, 0.3) is 0 Å². The number of allylic oxidation sites excluding steroid dienone is 2. The van der Waals surface area contributed by atoms with Crippen LogP contribution >= 0.6 is 0 Å². The van der Waals surface area contributed by atoms with Gasteiger partial charge in [0.25, 0.3) is 11.8 Å². The zero-order chi connectivity index (χ0) is 16.1. The van der Waals surface area contributed by atoms with Gasteiger partial charge in [0.05, 0.1) is 12.0 Å². The van der Waals surface area contributed by atoms with Crippen molar-refractivity contribution >= 4 is 17.8 Å². The second-order valence-electron chi connectivity index (χ2n) is 7.31. The summed E-state index contributed by atoms with van der Waals surface area (Å²) in [5.41, 5.74) is -0.633. The topological polar surface area (TPSA) is 63.7 Å². The Labute approximate surface area is 130 Å². The lowest BCUT2D eigenvalue weighted by Crippen LogP contribution is -2.46. The molecule has 1 heterocycles. The van der Waals surface area contributed by atoms with Gasteiger partial charge in [0.2, 0.25) is 5.76 Å². The van der Waals surface area contributed by atoms with Crippen LogP contribution < -0.4 is 0 Å². The van der Waals surface area contributed by atoms with Gasteiger partial charge in [0.1, 0.15) is 0 Å². The summed E-state index contributed by atoms with van der Waals surface area (Å²) in [5.74, 6) is -1.05. The van der Waals surface area contributed by atoms with Gasteiger partial charge < -0.3 is 4.74 Å². The molecule has 4 aliphatic rings. The molecule has 22 heavy (non-hydrogen) atoms. The van der Waals surface area contributed by atoms with Crippen molar-refractivity contribution < 1.29 is 19.1 Å². The van der Waals surface area contributed by atoms with Gasteiger partial charge in [-0.05, 0) is 51.9 Å². The standard InChI is InChI=1S/C17H21NO4/c1-17(2,3)18-14(19)9-13(15(18)20)22-16(21)12-8-10-4-6-11(12)7-5-10/h4,6,9-12H,5,7-8H2,1-3H3. The van der Waals surface area contributed by atoms with Crippen molar-refractivity contribution in [3.63, 3.8) is 0 Å². The second kappa shape index (κ2) is 5.07. The van der Waals surface area contributed by atoms with E-state index in [0.717, 1.165) is 30.2 Å². The minimum absolute atomic E-state index is 0.143. The summed E-state index contributed by atoms with van der Waals surface area (Å²) in [5, 5.41) is 0. The summed E-state index contributed by atoms with van der Waals surface area (Å²) in [6.07, 6.45) is 8.26. The average molecular weight is 303 g/mol. The van der Waals surface area contributed by atoms with E-state index in [1.165, 1.54) is 0 Å². The van der Waals surface area contributed by atoms with E-state index in [2.05, 4.69) is 12.2 Å². The number of ether oxygens (including phenoxy) is 1. The lowest BCUT2D eigenvalue weighted by molar-refractivity contribution is -0.153. The first kappa shape index (κ1) is 15.0. The fraction of sp³-hybridized carbons (Fsp3) is 0.588. The van der Waals surface area contributed by atoms with Gasteiger partial charge in [-0.2, -0.15) is 0 Å². The largest absolute Gasteiger partial charge is 0.420 e. The number of rotatable bonds is 2. The molecule has 0 N–H and O–H groups in total. The number of carbonyl (C=O) groups excluding carboxylic acids is 3. The van der Waals surface area contributed by atoms with Crippen molar-refractivity contribution in [2.75, 3.05) is 0 Å². The summed E-state index contributed by atoms with van der Waals surface area (Å²) >= 11 is 0. The van der Waals surface area contributed by atoms with Crippen LogP contribution in [0.2, 0.25) is 0 Å². The van der Waals surface area contributed by atoms with Crippen LogP contribution in [0.3, 0.4) is 0 Å². The molecule has 0 saturated heterocycles. The van der Waals surface area contributed by atoms with Crippen molar-refractivity contribution in [1.29, 1.82) is 0 Å². The Morgan fingerprint density at radius 1 is 1.23 bits per heavy atom. The highest BCUT2D eigenvalue weighted by atomic mass is 16.5. The maximum Gasteiger partial charge on any atom is 0.315 e. The normalized spacial score (nSPS) is 30.8. The second-order valence-corrected chi connectivity index (χ2v) is 7.31. The molecule has 3 aliphatic carbocycles. The summed E-state index contributed by atoms with van der Waals surface area (Å²) in [7, 11) is 0. The average Bonchev–Trinajstić information content (AvgIpc) is 2.74. The molecule has 5 heteroatoms. The summed E-state index contributed by atoms with van der Waals surface area (Å²) in [6, 6.07) is 0. The lowest BCUT2D eigenvalue weighted by Gasteiger charge is -2.36. The smallest absolute Gasteiger partial charge is 0.315 e. The molecule has 2 amide bonds. The first-order valence-corrected chi connectivity index (χ1v) is 7.77. The number of esters is 1. The molecule has 2 bridgehead atoms. The van der Waals surface area contributed by atoms with E-state index in [1.54, 1.807) is 20.8 Å². The number of hydrogen-bond donors (Lipinski definition) is 0. The Balaban J connectivity index is 1.71. The molecule has 5 nitrogen and oxygen atoms in total. The molecule has 0 aromatic rings. The summed E-state index contributed by atoms with van der Waals surface area (Å²) in [6.45, 7) is 5.31. The van der Waals surface area contributed by atoms with Gasteiger partial charge in [-0.15, -0.1) is 0 Å². The van der Waals surface area contributed by atoms with E-state index in [4.69, 9.17) is 4.74 Å². The van der Waals surface area contributed by atoms with Gasteiger partial charge in [0.15, 0.2) is 0 Å². The third-order valence-electron chi connectivity index (χ3n) is 4.65. The number of fused-ring (bicyclic) bond motifs is 2. The Kier molecular flexibility index (Phi) is 3.46. The van der Waals surface area contributed by atoms with Crippen molar-refractivity contribution in [3.8, 4) is 0 Å². The summed E-state index contributed by atoms with van der Waals surface area (Å²) < 4.78 is 5.29. The number of nitrogens with zero attached hydrogens (tertiary/aromatic N) is 1. The Bertz CT molecular complexity index is 596. The highest BCUT2D eigenvalue weighted by Crippen LogP contribution is 2.41. The molecular formula is C17H21NO4. The van der Waals surface area contributed by atoms with Crippen molar-refractivity contribution in [2.24, 2.45) is 17.8 Å². The fourth-order valence-corrected chi connectivity index (χ4v) is 3.54. The van der Waals surface area contributed by atoms with Crippen LogP contribution in [0.4, 0.5) is 0 Å². The number of hydrogen-bond acceptors (Lipinski definition) is 4. The predicted octanol–water partition coefficient (Wildman–Crippen LogP) is 2.18. The first-order valence-electron chi connectivity index (χ1n) is 7.77. The first-order chi connectivity index (χ1) is 10.3. The predicted molar refractivity (Wildman–Crippen MR) is 79.2 cm³/mol. The van der Waals surface area contributed by atoms with Gasteiger partial charge >= 0.3 is 5.97 Å². The zero-order valence-corrected chi connectivity index (χ0v) is 13.2. The number of amides is 2. The summed E-state index contributed by atoms with van der Waals surface area (Å²) in [4.78, 5) is 37.7.